The van der Waals surface area contributed by atoms with Crippen LogP contribution in [0.4, 0.5) is 10.1 Å². The van der Waals surface area contributed by atoms with Gasteiger partial charge in [-0.25, -0.2) is 4.39 Å². The first-order chi connectivity index (χ1) is 9.99. The summed E-state index contributed by atoms with van der Waals surface area (Å²) in [7, 11) is 0. The van der Waals surface area contributed by atoms with Crippen LogP contribution in [0.5, 0.6) is 0 Å². The second-order valence-corrected chi connectivity index (χ2v) is 5.14. The van der Waals surface area contributed by atoms with E-state index < -0.39 is 17.7 Å². The maximum Gasteiger partial charge on any atom is 0.307 e. The van der Waals surface area contributed by atoms with Crippen LogP contribution < -0.4 is 5.32 Å². The molecule has 0 radical (unpaired) electrons. The van der Waals surface area contributed by atoms with Crippen molar-refractivity contribution in [3.05, 3.63) is 63.9 Å². The first kappa shape index (κ1) is 15.2. The van der Waals surface area contributed by atoms with Crippen molar-refractivity contribution < 1.29 is 19.1 Å². The van der Waals surface area contributed by atoms with Crippen molar-refractivity contribution in [3.8, 4) is 0 Å². The predicted molar refractivity (Wildman–Crippen MR) is 79.8 cm³/mol. The summed E-state index contributed by atoms with van der Waals surface area (Å²) in [6, 6.07) is 10.9. The number of nitrogens with one attached hydrogen (secondary N) is 1. The topological polar surface area (TPSA) is 66.4 Å². The van der Waals surface area contributed by atoms with Gasteiger partial charge >= 0.3 is 5.97 Å². The van der Waals surface area contributed by atoms with Gasteiger partial charge in [-0.2, -0.15) is 0 Å². The van der Waals surface area contributed by atoms with Crippen LogP contribution in [0.25, 0.3) is 0 Å². The molecule has 0 bridgehead atoms. The fourth-order valence-corrected chi connectivity index (χ4v) is 2.19. The highest BCUT2D eigenvalue weighted by atomic mass is 79.9. The normalized spacial score (nSPS) is 10.2. The Bertz CT molecular complexity index is 703. The Labute approximate surface area is 128 Å². The van der Waals surface area contributed by atoms with E-state index in [0.29, 0.717) is 11.3 Å². The van der Waals surface area contributed by atoms with Crippen LogP contribution in [-0.2, 0) is 11.2 Å². The Hall–Kier alpha value is -2.21. The third kappa shape index (κ3) is 3.66. The van der Waals surface area contributed by atoms with Crippen LogP contribution in [0.3, 0.4) is 0 Å². The SMILES string of the molecule is O=C(O)Cc1ccccc1NC(=O)c1cccc(Br)c1F. The monoisotopic (exact) mass is 351 g/mol. The van der Waals surface area contributed by atoms with Crippen LogP contribution in [0.2, 0.25) is 0 Å². The fourth-order valence-electron chi connectivity index (χ4n) is 1.83. The number of hydrogen-bond donors (Lipinski definition) is 2. The number of halogens is 2. The van der Waals surface area contributed by atoms with Gasteiger partial charge in [0.05, 0.1) is 16.5 Å². The van der Waals surface area contributed by atoms with Gasteiger partial charge in [-0.05, 0) is 39.7 Å². The minimum absolute atomic E-state index is 0.116. The van der Waals surface area contributed by atoms with Crippen molar-refractivity contribution in [3.63, 3.8) is 0 Å². The fraction of sp³-hybridized carbons (Fsp3) is 0.0667. The van der Waals surface area contributed by atoms with E-state index in [9.17, 15) is 14.0 Å². The number of carboxylic acid groups (broad SMARTS) is 1. The average molecular weight is 352 g/mol. The number of carbonyl (C=O) groups is 2. The molecule has 108 valence electrons. The van der Waals surface area contributed by atoms with Crippen LogP contribution in [-0.4, -0.2) is 17.0 Å². The average Bonchev–Trinajstić information content (AvgIpc) is 2.43. The van der Waals surface area contributed by atoms with Crippen molar-refractivity contribution in [2.45, 2.75) is 6.42 Å². The number of para-hydroxylation sites is 1. The maximum atomic E-state index is 13.9. The molecule has 6 heteroatoms. The lowest BCUT2D eigenvalue weighted by atomic mass is 10.1. The van der Waals surface area contributed by atoms with E-state index in [4.69, 9.17) is 5.11 Å². The first-order valence-corrected chi connectivity index (χ1v) is 6.83. The molecular formula is C15H11BrFNO3. The zero-order chi connectivity index (χ0) is 15.4. The minimum atomic E-state index is -1.01. The van der Waals surface area contributed by atoms with Gasteiger partial charge in [0.25, 0.3) is 5.91 Å². The summed E-state index contributed by atoms with van der Waals surface area (Å²) >= 11 is 3.01. The Morgan fingerprint density at radius 3 is 2.57 bits per heavy atom. The summed E-state index contributed by atoms with van der Waals surface area (Å²) in [5.74, 6) is -2.30. The van der Waals surface area contributed by atoms with Gasteiger partial charge in [-0.1, -0.05) is 24.3 Å². The maximum absolute atomic E-state index is 13.9. The lowest BCUT2D eigenvalue weighted by Crippen LogP contribution is -2.16. The lowest BCUT2D eigenvalue weighted by Gasteiger charge is -2.10. The molecule has 21 heavy (non-hydrogen) atoms. The van der Waals surface area contributed by atoms with Crippen molar-refractivity contribution >= 4 is 33.5 Å². The van der Waals surface area contributed by atoms with Gasteiger partial charge < -0.3 is 10.4 Å². The highest BCUT2D eigenvalue weighted by molar-refractivity contribution is 9.10. The zero-order valence-electron chi connectivity index (χ0n) is 10.8. The highest BCUT2D eigenvalue weighted by Gasteiger charge is 2.15. The summed E-state index contributed by atoms with van der Waals surface area (Å²) in [5, 5.41) is 11.4. The Morgan fingerprint density at radius 2 is 1.86 bits per heavy atom. The third-order valence-electron chi connectivity index (χ3n) is 2.80. The number of aliphatic carboxylic acids is 1. The van der Waals surface area contributed by atoms with E-state index in [-0.39, 0.29) is 16.5 Å². The van der Waals surface area contributed by atoms with E-state index in [1.54, 1.807) is 30.3 Å². The third-order valence-corrected chi connectivity index (χ3v) is 3.42. The van der Waals surface area contributed by atoms with Crippen LogP contribution in [0, 0.1) is 5.82 Å². The lowest BCUT2D eigenvalue weighted by molar-refractivity contribution is -0.136. The molecule has 4 nitrogen and oxygen atoms in total. The van der Waals surface area contributed by atoms with Gasteiger partial charge in [0.2, 0.25) is 0 Å². The van der Waals surface area contributed by atoms with Crippen LogP contribution in [0.1, 0.15) is 15.9 Å². The molecule has 0 saturated heterocycles. The Kier molecular flexibility index (Phi) is 4.70. The van der Waals surface area contributed by atoms with Crippen LogP contribution >= 0.6 is 15.9 Å². The molecule has 0 unspecified atom stereocenters. The van der Waals surface area contributed by atoms with Gasteiger partial charge in [0.15, 0.2) is 0 Å². The van der Waals surface area contributed by atoms with Crippen molar-refractivity contribution in [1.29, 1.82) is 0 Å². The molecule has 0 fully saturated rings. The molecule has 0 spiro atoms. The van der Waals surface area contributed by atoms with Crippen molar-refractivity contribution in [2.75, 3.05) is 5.32 Å². The van der Waals surface area contributed by atoms with Crippen molar-refractivity contribution in [1.82, 2.24) is 0 Å². The number of carboxylic acids is 1. The molecule has 2 aromatic rings. The van der Waals surface area contributed by atoms with Crippen molar-refractivity contribution in [2.24, 2.45) is 0 Å². The number of hydrogen-bond acceptors (Lipinski definition) is 2. The molecule has 0 aliphatic heterocycles. The van der Waals surface area contributed by atoms with Crippen LogP contribution in [0.15, 0.2) is 46.9 Å². The van der Waals surface area contributed by atoms with Gasteiger partial charge in [-0.3, -0.25) is 9.59 Å². The quantitative estimate of drug-likeness (QED) is 0.886. The molecular weight excluding hydrogens is 341 g/mol. The van der Waals surface area contributed by atoms with E-state index >= 15 is 0 Å². The van der Waals surface area contributed by atoms with Gasteiger partial charge in [0.1, 0.15) is 5.82 Å². The van der Waals surface area contributed by atoms with E-state index in [1.165, 1.54) is 12.1 Å². The molecule has 0 heterocycles. The smallest absolute Gasteiger partial charge is 0.307 e. The molecule has 2 N–H and O–H groups in total. The molecule has 2 aromatic carbocycles. The van der Waals surface area contributed by atoms with E-state index in [2.05, 4.69) is 21.2 Å². The largest absolute Gasteiger partial charge is 0.481 e. The van der Waals surface area contributed by atoms with E-state index in [0.717, 1.165) is 0 Å². The Morgan fingerprint density at radius 1 is 1.14 bits per heavy atom. The first-order valence-electron chi connectivity index (χ1n) is 6.04. The summed E-state index contributed by atoms with van der Waals surface area (Å²) < 4.78 is 14.1. The molecule has 2 rings (SSSR count). The van der Waals surface area contributed by atoms with Gasteiger partial charge in [0, 0.05) is 5.69 Å². The number of benzene rings is 2. The number of amides is 1. The predicted octanol–water partition coefficient (Wildman–Crippen LogP) is 3.47. The number of anilines is 1. The summed E-state index contributed by atoms with van der Waals surface area (Å²) in [6.07, 6.45) is -0.225. The second-order valence-electron chi connectivity index (χ2n) is 4.28. The molecule has 0 aliphatic carbocycles. The molecule has 0 aliphatic rings. The summed E-state index contributed by atoms with van der Waals surface area (Å²) in [5.41, 5.74) is 0.688. The second kappa shape index (κ2) is 6.49. The Balaban J connectivity index is 2.28. The van der Waals surface area contributed by atoms with Gasteiger partial charge in [-0.15, -0.1) is 0 Å². The molecule has 0 aromatic heterocycles. The minimum Gasteiger partial charge on any atom is -0.481 e. The summed E-state index contributed by atoms with van der Waals surface area (Å²) in [6.45, 7) is 0. The van der Waals surface area contributed by atoms with E-state index in [1.807, 2.05) is 0 Å². The number of rotatable bonds is 4. The standard InChI is InChI=1S/C15H11BrFNO3/c16-11-6-3-5-10(14(11)17)15(21)18-12-7-2-1-4-9(12)8-13(19)20/h1-7H,8H2,(H,18,21)(H,19,20). The molecule has 1 amide bonds. The zero-order valence-corrected chi connectivity index (χ0v) is 12.4. The molecule has 0 atom stereocenters. The summed E-state index contributed by atoms with van der Waals surface area (Å²) in [4.78, 5) is 22.9. The highest BCUT2D eigenvalue weighted by Crippen LogP contribution is 2.21. The number of carbonyl (C=O) groups excluding carboxylic acids is 1. The molecule has 0 saturated carbocycles.